The van der Waals surface area contributed by atoms with Gasteiger partial charge in [0.05, 0.1) is 12.7 Å². The monoisotopic (exact) mass is 362 g/mol. The highest BCUT2D eigenvalue weighted by molar-refractivity contribution is 5.88. The molecule has 0 radical (unpaired) electrons. The molecular formula is C21H18N2O4. The minimum Gasteiger partial charge on any atom is -0.464 e. The van der Waals surface area contributed by atoms with Crippen molar-refractivity contribution >= 4 is 16.9 Å². The molecule has 6 nitrogen and oxygen atoms in total. The number of carbonyl (C=O) groups excluding carboxylic acids is 1. The molecule has 0 unspecified atom stereocenters. The third-order valence-electron chi connectivity index (χ3n) is 4.52. The topological polar surface area (TPSA) is 78.4 Å². The Kier molecular flexibility index (Phi) is 4.46. The number of aromatic nitrogens is 2. The Morgan fingerprint density at radius 2 is 1.89 bits per heavy atom. The number of benzene rings is 2. The molecule has 0 atom stereocenters. The van der Waals surface area contributed by atoms with Gasteiger partial charge in [0.1, 0.15) is 5.58 Å². The molecule has 4 rings (SSSR count). The van der Waals surface area contributed by atoms with E-state index in [4.69, 9.17) is 13.6 Å². The predicted octanol–water partition coefficient (Wildman–Crippen LogP) is 4.39. The predicted molar refractivity (Wildman–Crippen MR) is 98.9 cm³/mol. The van der Waals surface area contributed by atoms with Crippen molar-refractivity contribution in [1.29, 1.82) is 0 Å². The van der Waals surface area contributed by atoms with Crippen LogP contribution < -0.4 is 0 Å². The fourth-order valence-corrected chi connectivity index (χ4v) is 2.88. The maximum Gasteiger partial charge on any atom is 0.310 e. The maximum atomic E-state index is 12.2. The van der Waals surface area contributed by atoms with Crippen LogP contribution >= 0.6 is 0 Å². The lowest BCUT2D eigenvalue weighted by Crippen LogP contribution is -2.08. The van der Waals surface area contributed by atoms with E-state index in [1.165, 1.54) is 0 Å². The Hall–Kier alpha value is -3.41. The number of rotatable bonds is 5. The van der Waals surface area contributed by atoms with E-state index in [1.807, 2.05) is 56.3 Å². The van der Waals surface area contributed by atoms with Crippen molar-refractivity contribution in [2.24, 2.45) is 0 Å². The molecule has 2 aromatic carbocycles. The highest BCUT2D eigenvalue weighted by Crippen LogP contribution is 2.27. The first-order chi connectivity index (χ1) is 13.1. The highest BCUT2D eigenvalue weighted by Gasteiger charge is 2.15. The van der Waals surface area contributed by atoms with Crippen LogP contribution in [-0.2, 0) is 22.6 Å². The van der Waals surface area contributed by atoms with Crippen LogP contribution in [0.15, 0.2) is 57.6 Å². The van der Waals surface area contributed by atoms with Crippen molar-refractivity contribution in [3.8, 4) is 11.5 Å². The Morgan fingerprint density at radius 1 is 1.07 bits per heavy atom. The van der Waals surface area contributed by atoms with Gasteiger partial charge in [0.25, 0.3) is 5.89 Å². The Balaban J connectivity index is 1.41. The van der Waals surface area contributed by atoms with E-state index in [1.54, 1.807) is 6.26 Å². The number of furan rings is 1. The third kappa shape index (κ3) is 3.46. The quantitative estimate of drug-likeness (QED) is 0.490. The van der Waals surface area contributed by atoms with Gasteiger partial charge in [0.15, 0.2) is 6.61 Å². The number of hydrogen-bond acceptors (Lipinski definition) is 6. The number of hydrogen-bond donors (Lipinski definition) is 0. The molecule has 136 valence electrons. The largest absolute Gasteiger partial charge is 0.464 e. The van der Waals surface area contributed by atoms with E-state index in [9.17, 15) is 4.79 Å². The van der Waals surface area contributed by atoms with E-state index < -0.39 is 0 Å². The van der Waals surface area contributed by atoms with E-state index in [2.05, 4.69) is 10.2 Å². The summed E-state index contributed by atoms with van der Waals surface area (Å²) in [6, 6.07) is 13.4. The number of esters is 1. The Labute approximate surface area is 155 Å². The second kappa shape index (κ2) is 7.07. The van der Waals surface area contributed by atoms with Crippen LogP contribution in [0.1, 0.15) is 22.6 Å². The van der Waals surface area contributed by atoms with Crippen LogP contribution in [0.2, 0.25) is 0 Å². The summed E-state index contributed by atoms with van der Waals surface area (Å²) in [7, 11) is 0. The fraction of sp³-hybridized carbons (Fsp3) is 0.190. The molecule has 0 saturated heterocycles. The zero-order valence-corrected chi connectivity index (χ0v) is 15.1. The van der Waals surface area contributed by atoms with E-state index in [0.717, 1.165) is 33.2 Å². The number of fused-ring (bicyclic) bond motifs is 1. The van der Waals surface area contributed by atoms with Gasteiger partial charge in [-0.3, -0.25) is 4.79 Å². The van der Waals surface area contributed by atoms with Crippen LogP contribution in [0.25, 0.3) is 22.4 Å². The van der Waals surface area contributed by atoms with Gasteiger partial charge < -0.3 is 13.6 Å². The molecule has 0 fully saturated rings. The van der Waals surface area contributed by atoms with Crippen molar-refractivity contribution in [3.05, 3.63) is 71.3 Å². The normalized spacial score (nSPS) is 11.0. The van der Waals surface area contributed by atoms with Gasteiger partial charge in [-0.05, 0) is 37.1 Å². The fourth-order valence-electron chi connectivity index (χ4n) is 2.88. The van der Waals surface area contributed by atoms with Gasteiger partial charge in [0.2, 0.25) is 5.89 Å². The van der Waals surface area contributed by atoms with Gasteiger partial charge >= 0.3 is 5.97 Å². The SMILES string of the molecule is Cc1ccc2c(CC(=O)OCc3nnc(-c4ccccc4)o3)coc2c1C. The number of carbonyl (C=O) groups is 1. The van der Waals surface area contributed by atoms with Crippen molar-refractivity contribution in [3.63, 3.8) is 0 Å². The molecule has 0 bridgehead atoms. The van der Waals surface area contributed by atoms with Gasteiger partial charge in [-0.15, -0.1) is 10.2 Å². The minimum atomic E-state index is -0.379. The van der Waals surface area contributed by atoms with Gasteiger partial charge in [-0.1, -0.05) is 30.3 Å². The van der Waals surface area contributed by atoms with Crippen LogP contribution in [0.4, 0.5) is 0 Å². The number of nitrogens with zero attached hydrogens (tertiary/aromatic N) is 2. The Morgan fingerprint density at radius 3 is 2.70 bits per heavy atom. The molecule has 6 heteroatoms. The second-order valence-corrected chi connectivity index (χ2v) is 6.35. The van der Waals surface area contributed by atoms with Gasteiger partial charge in [-0.2, -0.15) is 0 Å². The van der Waals surface area contributed by atoms with Crippen LogP contribution in [0.5, 0.6) is 0 Å². The van der Waals surface area contributed by atoms with Crippen molar-refractivity contribution in [2.75, 3.05) is 0 Å². The Bertz CT molecular complexity index is 1100. The average Bonchev–Trinajstić information content (AvgIpc) is 3.31. The second-order valence-electron chi connectivity index (χ2n) is 6.35. The molecule has 2 aromatic heterocycles. The summed E-state index contributed by atoms with van der Waals surface area (Å²) in [4.78, 5) is 12.2. The van der Waals surface area contributed by atoms with Crippen molar-refractivity contribution < 1.29 is 18.4 Å². The lowest BCUT2D eigenvalue weighted by atomic mass is 10.0. The number of ether oxygens (including phenoxy) is 1. The lowest BCUT2D eigenvalue weighted by molar-refractivity contribution is -0.144. The molecule has 2 heterocycles. The summed E-state index contributed by atoms with van der Waals surface area (Å²) in [6.45, 7) is 3.97. The first kappa shape index (κ1) is 17.0. The summed E-state index contributed by atoms with van der Waals surface area (Å²) in [5, 5.41) is 8.83. The van der Waals surface area contributed by atoms with E-state index in [-0.39, 0.29) is 24.9 Å². The summed E-state index contributed by atoms with van der Waals surface area (Å²) in [6.07, 6.45) is 1.73. The van der Waals surface area contributed by atoms with Gasteiger partial charge in [0, 0.05) is 16.5 Å². The molecular weight excluding hydrogens is 344 g/mol. The molecule has 0 aliphatic carbocycles. The van der Waals surface area contributed by atoms with Crippen molar-refractivity contribution in [1.82, 2.24) is 10.2 Å². The molecule has 27 heavy (non-hydrogen) atoms. The average molecular weight is 362 g/mol. The van der Waals surface area contributed by atoms with Crippen LogP contribution in [-0.4, -0.2) is 16.2 Å². The third-order valence-corrected chi connectivity index (χ3v) is 4.52. The zero-order chi connectivity index (χ0) is 18.8. The van der Waals surface area contributed by atoms with Crippen molar-refractivity contribution in [2.45, 2.75) is 26.9 Å². The maximum absolute atomic E-state index is 12.2. The standard InChI is InChI=1S/C21H18N2O4/c1-13-8-9-17-16(11-26-20(17)14(13)2)10-19(24)25-12-18-22-23-21(27-18)15-6-4-3-5-7-15/h3-9,11H,10,12H2,1-2H3. The molecule has 0 spiro atoms. The summed E-state index contributed by atoms with van der Waals surface area (Å²) in [5.74, 6) is 0.273. The molecule has 0 saturated carbocycles. The summed E-state index contributed by atoms with van der Waals surface area (Å²) >= 11 is 0. The van der Waals surface area contributed by atoms with E-state index >= 15 is 0 Å². The first-order valence-corrected chi connectivity index (χ1v) is 8.61. The molecule has 4 aromatic rings. The van der Waals surface area contributed by atoms with Crippen LogP contribution in [0.3, 0.4) is 0 Å². The van der Waals surface area contributed by atoms with E-state index in [0.29, 0.717) is 5.89 Å². The molecule has 0 aliphatic rings. The first-order valence-electron chi connectivity index (χ1n) is 8.61. The van der Waals surface area contributed by atoms with Gasteiger partial charge in [-0.25, -0.2) is 0 Å². The summed E-state index contributed by atoms with van der Waals surface area (Å²) in [5.41, 5.74) is 4.65. The molecule has 0 amide bonds. The smallest absolute Gasteiger partial charge is 0.310 e. The van der Waals surface area contributed by atoms with Crippen LogP contribution in [0, 0.1) is 13.8 Å². The number of aryl methyl sites for hydroxylation is 2. The highest BCUT2D eigenvalue weighted by atomic mass is 16.5. The molecule has 0 aliphatic heterocycles. The zero-order valence-electron chi connectivity index (χ0n) is 15.1. The molecule has 0 N–H and O–H groups in total. The minimum absolute atomic E-state index is 0.0629. The lowest BCUT2D eigenvalue weighted by Gasteiger charge is -2.02. The summed E-state index contributed by atoms with van der Waals surface area (Å²) < 4.78 is 16.4.